The van der Waals surface area contributed by atoms with Crippen LogP contribution in [-0.2, 0) is 17.8 Å². The Balaban J connectivity index is 1.55. The van der Waals surface area contributed by atoms with Crippen LogP contribution in [0.15, 0.2) is 27.7 Å². The first-order chi connectivity index (χ1) is 14.7. The number of ether oxygens (including phenoxy) is 1. The molecule has 0 radical (unpaired) electrons. The predicted molar refractivity (Wildman–Crippen MR) is 124 cm³/mol. The van der Waals surface area contributed by atoms with E-state index in [0.717, 1.165) is 71.5 Å². The fourth-order valence-electron chi connectivity index (χ4n) is 4.56. The molecule has 2 fully saturated rings. The second-order valence-electron chi connectivity index (χ2n) is 8.70. The van der Waals surface area contributed by atoms with Crippen molar-refractivity contribution in [3.63, 3.8) is 0 Å². The molecule has 2 aliphatic rings. The van der Waals surface area contributed by atoms with Crippen molar-refractivity contribution in [1.29, 1.82) is 0 Å². The van der Waals surface area contributed by atoms with Gasteiger partial charge in [0.1, 0.15) is 10.7 Å². The number of hydrogen-bond acceptors (Lipinski definition) is 6. The lowest BCUT2D eigenvalue weighted by Gasteiger charge is -2.31. The summed E-state index contributed by atoms with van der Waals surface area (Å²) < 4.78 is 7.93. The molecule has 0 spiro atoms. The van der Waals surface area contributed by atoms with Gasteiger partial charge >= 0.3 is 0 Å². The number of thiophene rings is 2. The second-order valence-corrected chi connectivity index (χ2v) is 10.5. The first-order valence-corrected chi connectivity index (χ1v) is 12.8. The summed E-state index contributed by atoms with van der Waals surface area (Å²) in [5.41, 5.74) is 1.12. The highest BCUT2D eigenvalue weighted by molar-refractivity contribution is 7.18. The largest absolute Gasteiger partial charge is 0.376 e. The molecule has 0 N–H and O–H groups in total. The number of piperidine rings is 1. The molecule has 2 saturated heterocycles. The number of nitrogens with zero attached hydrogens (tertiary/aromatic N) is 3. The summed E-state index contributed by atoms with van der Waals surface area (Å²) in [6.07, 6.45) is 5.87. The minimum atomic E-state index is 0.0965. The number of likely N-dealkylation sites (tertiary alicyclic amines) is 1. The summed E-state index contributed by atoms with van der Waals surface area (Å²) in [5, 5.41) is 4.93. The topological polar surface area (TPSA) is 47.4 Å². The Labute approximate surface area is 185 Å². The van der Waals surface area contributed by atoms with Crippen LogP contribution in [-0.4, -0.2) is 40.3 Å². The Hall–Kier alpha value is -1.54. The van der Waals surface area contributed by atoms with E-state index in [2.05, 4.69) is 28.7 Å². The lowest BCUT2D eigenvalue weighted by molar-refractivity contribution is 0.00441. The van der Waals surface area contributed by atoms with E-state index in [4.69, 9.17) is 9.72 Å². The maximum Gasteiger partial charge on any atom is 0.263 e. The Bertz CT molecular complexity index is 1040. The van der Waals surface area contributed by atoms with Crippen LogP contribution in [0.3, 0.4) is 0 Å². The molecule has 5 nitrogen and oxygen atoms in total. The summed E-state index contributed by atoms with van der Waals surface area (Å²) in [7, 11) is 0. The Morgan fingerprint density at radius 1 is 1.20 bits per heavy atom. The van der Waals surface area contributed by atoms with Crippen LogP contribution in [0.2, 0.25) is 0 Å². The zero-order valence-electron chi connectivity index (χ0n) is 17.5. The van der Waals surface area contributed by atoms with Crippen molar-refractivity contribution in [3.05, 3.63) is 39.1 Å². The van der Waals surface area contributed by atoms with E-state index in [9.17, 15) is 4.79 Å². The van der Waals surface area contributed by atoms with E-state index in [1.807, 2.05) is 10.6 Å². The van der Waals surface area contributed by atoms with Gasteiger partial charge in [0, 0.05) is 22.4 Å². The maximum atomic E-state index is 13.8. The third-order valence-corrected chi connectivity index (χ3v) is 8.24. The molecule has 3 aromatic heterocycles. The fourth-order valence-corrected chi connectivity index (χ4v) is 6.33. The standard InChI is InChI=1S/C23H29N3O2S2/c1-16-7-9-25(10-8-16)14-20-24-22-21(18(15-30-22)19-6-4-12-29-19)23(27)26(20)13-17-5-2-3-11-28-17/h4,6,12,15-17H,2-3,5,7-11,13-14H2,1H3. The number of hydrogen-bond donors (Lipinski definition) is 0. The van der Waals surface area contributed by atoms with E-state index >= 15 is 0 Å². The van der Waals surface area contributed by atoms with Gasteiger partial charge in [0.05, 0.1) is 24.6 Å². The van der Waals surface area contributed by atoms with E-state index < -0.39 is 0 Å². The average molecular weight is 444 g/mol. The van der Waals surface area contributed by atoms with Gasteiger partial charge in [0.15, 0.2) is 0 Å². The highest BCUT2D eigenvalue weighted by Crippen LogP contribution is 2.34. The first-order valence-electron chi connectivity index (χ1n) is 11.1. The van der Waals surface area contributed by atoms with Gasteiger partial charge in [0.25, 0.3) is 5.56 Å². The van der Waals surface area contributed by atoms with Crippen molar-refractivity contribution in [2.24, 2.45) is 5.92 Å². The summed E-state index contributed by atoms with van der Waals surface area (Å²) in [6.45, 7) is 6.65. The Kier molecular flexibility index (Phi) is 6.05. The zero-order valence-corrected chi connectivity index (χ0v) is 19.1. The van der Waals surface area contributed by atoms with Gasteiger partial charge < -0.3 is 4.74 Å². The second kappa shape index (κ2) is 8.91. The summed E-state index contributed by atoms with van der Waals surface area (Å²) in [4.78, 5) is 23.2. The van der Waals surface area contributed by atoms with Gasteiger partial charge in [-0.1, -0.05) is 13.0 Å². The van der Waals surface area contributed by atoms with Crippen LogP contribution >= 0.6 is 22.7 Å². The summed E-state index contributed by atoms with van der Waals surface area (Å²) in [5.74, 6) is 1.69. The van der Waals surface area contributed by atoms with Crippen LogP contribution in [0, 0.1) is 5.92 Å². The smallest absolute Gasteiger partial charge is 0.263 e. The average Bonchev–Trinajstić information content (AvgIpc) is 3.43. The zero-order chi connectivity index (χ0) is 20.5. The van der Waals surface area contributed by atoms with Gasteiger partial charge in [-0.15, -0.1) is 22.7 Å². The van der Waals surface area contributed by atoms with Crippen LogP contribution in [0.4, 0.5) is 0 Å². The predicted octanol–water partition coefficient (Wildman–Crippen LogP) is 4.99. The van der Waals surface area contributed by atoms with E-state index in [0.29, 0.717) is 6.54 Å². The molecule has 0 saturated carbocycles. The number of fused-ring (bicyclic) bond motifs is 1. The Morgan fingerprint density at radius 3 is 2.80 bits per heavy atom. The molecule has 5 heterocycles. The molecule has 0 aromatic carbocycles. The van der Waals surface area contributed by atoms with Gasteiger partial charge in [-0.25, -0.2) is 4.98 Å². The van der Waals surface area contributed by atoms with Crippen LogP contribution in [0.25, 0.3) is 20.7 Å². The molecular weight excluding hydrogens is 414 g/mol. The number of rotatable bonds is 5. The SMILES string of the molecule is CC1CCN(Cc2nc3scc(-c4cccs4)c3c(=O)n2CC2CCCCO2)CC1. The van der Waals surface area contributed by atoms with Gasteiger partial charge in [-0.3, -0.25) is 14.3 Å². The first kappa shape index (κ1) is 20.4. The summed E-state index contributed by atoms with van der Waals surface area (Å²) >= 11 is 3.27. The molecule has 30 heavy (non-hydrogen) atoms. The molecule has 2 aliphatic heterocycles. The minimum Gasteiger partial charge on any atom is -0.376 e. The molecule has 0 bridgehead atoms. The number of aromatic nitrogens is 2. The van der Waals surface area contributed by atoms with Crippen molar-refractivity contribution in [2.75, 3.05) is 19.7 Å². The summed E-state index contributed by atoms with van der Waals surface area (Å²) in [6, 6.07) is 4.13. The molecule has 1 atom stereocenters. The van der Waals surface area contributed by atoms with Gasteiger partial charge in [0.2, 0.25) is 0 Å². The van der Waals surface area contributed by atoms with Crippen LogP contribution < -0.4 is 5.56 Å². The third kappa shape index (κ3) is 4.13. The van der Waals surface area contributed by atoms with Gasteiger partial charge in [-0.2, -0.15) is 0 Å². The molecular formula is C23H29N3O2S2. The minimum absolute atomic E-state index is 0.0965. The van der Waals surface area contributed by atoms with Crippen molar-refractivity contribution >= 4 is 32.9 Å². The molecule has 1 unspecified atom stereocenters. The molecule has 0 amide bonds. The van der Waals surface area contributed by atoms with Crippen molar-refractivity contribution in [1.82, 2.24) is 14.5 Å². The van der Waals surface area contributed by atoms with E-state index in [1.165, 1.54) is 19.3 Å². The Morgan fingerprint density at radius 2 is 2.07 bits per heavy atom. The van der Waals surface area contributed by atoms with Crippen LogP contribution in [0.1, 0.15) is 44.9 Å². The normalized spacial score (nSPS) is 21.4. The van der Waals surface area contributed by atoms with Crippen molar-refractivity contribution in [3.8, 4) is 10.4 Å². The van der Waals surface area contributed by atoms with Crippen molar-refractivity contribution < 1.29 is 4.74 Å². The maximum absolute atomic E-state index is 13.8. The molecule has 3 aromatic rings. The highest BCUT2D eigenvalue weighted by atomic mass is 32.1. The lowest BCUT2D eigenvalue weighted by atomic mass is 9.99. The van der Waals surface area contributed by atoms with E-state index in [-0.39, 0.29) is 11.7 Å². The monoisotopic (exact) mass is 443 g/mol. The molecule has 7 heteroatoms. The lowest BCUT2D eigenvalue weighted by Crippen LogP contribution is -2.38. The van der Waals surface area contributed by atoms with Crippen molar-refractivity contribution in [2.45, 2.75) is 58.2 Å². The molecule has 0 aliphatic carbocycles. The molecule has 5 rings (SSSR count). The third-order valence-electron chi connectivity index (χ3n) is 6.46. The fraction of sp³-hybridized carbons (Fsp3) is 0.565. The molecule has 160 valence electrons. The van der Waals surface area contributed by atoms with E-state index in [1.54, 1.807) is 22.7 Å². The van der Waals surface area contributed by atoms with Crippen LogP contribution in [0.5, 0.6) is 0 Å². The van der Waals surface area contributed by atoms with Gasteiger partial charge in [-0.05, 0) is 62.6 Å². The highest BCUT2D eigenvalue weighted by Gasteiger charge is 2.24. The quantitative estimate of drug-likeness (QED) is 0.557.